The third kappa shape index (κ3) is 2.69. The molecule has 0 saturated heterocycles. The normalized spacial score (nSPS) is 10.0. The van der Waals surface area contributed by atoms with E-state index in [2.05, 4.69) is 5.32 Å². The van der Waals surface area contributed by atoms with Gasteiger partial charge in [-0.15, -0.1) is 11.8 Å². The Morgan fingerprint density at radius 1 is 1.11 bits per heavy atom. The van der Waals surface area contributed by atoms with Crippen molar-refractivity contribution in [2.45, 2.75) is 4.90 Å². The van der Waals surface area contributed by atoms with Gasteiger partial charge >= 0.3 is 0 Å². The molecule has 0 unspecified atom stereocenters. The lowest BCUT2D eigenvalue weighted by Crippen LogP contribution is -2.00. The molecule has 2 aromatic rings. The predicted molar refractivity (Wildman–Crippen MR) is 72.6 cm³/mol. The molecule has 2 rings (SSSR count). The van der Waals surface area contributed by atoms with Crippen molar-refractivity contribution in [1.82, 2.24) is 0 Å². The smallest absolute Gasteiger partial charge is 0.149 e. The first-order valence-corrected chi connectivity index (χ1v) is 6.68. The minimum absolute atomic E-state index is 0.253. The van der Waals surface area contributed by atoms with Crippen LogP contribution in [0.1, 0.15) is 5.56 Å². The van der Waals surface area contributed by atoms with E-state index in [0.29, 0.717) is 11.3 Å². The average Bonchev–Trinajstić information content (AvgIpc) is 2.42. The number of hydrogen-bond acceptors (Lipinski definition) is 3. The Bertz CT molecular complexity index is 630. The quantitative estimate of drug-likeness (QED) is 0.849. The van der Waals surface area contributed by atoms with Gasteiger partial charge in [0.1, 0.15) is 23.4 Å². The number of rotatable bonds is 3. The first kappa shape index (κ1) is 13.4. The summed E-state index contributed by atoms with van der Waals surface area (Å²) in [6.07, 6.45) is 1.84. The van der Waals surface area contributed by atoms with Gasteiger partial charge in [0.25, 0.3) is 0 Å². The summed E-state index contributed by atoms with van der Waals surface area (Å²) in [4.78, 5) is 0.754. The van der Waals surface area contributed by atoms with Crippen molar-refractivity contribution in [3.05, 3.63) is 53.6 Å². The molecular formula is C14H10F2N2S. The molecule has 5 heteroatoms. The van der Waals surface area contributed by atoms with Crippen LogP contribution in [0.15, 0.2) is 41.3 Å². The van der Waals surface area contributed by atoms with Crippen LogP contribution in [-0.2, 0) is 0 Å². The number of hydrogen-bond donors (Lipinski definition) is 1. The standard InChI is InChI=1S/C14H10F2N2S/c1-19-13-7-3-6-12(9(13)8-17)18-14-10(15)4-2-5-11(14)16/h2-7,18H,1H3. The second kappa shape index (κ2) is 5.72. The molecule has 0 saturated carbocycles. The van der Waals surface area contributed by atoms with Gasteiger partial charge in [-0.2, -0.15) is 5.26 Å². The van der Waals surface area contributed by atoms with Gasteiger partial charge < -0.3 is 5.32 Å². The van der Waals surface area contributed by atoms with Gasteiger partial charge in [0.2, 0.25) is 0 Å². The highest BCUT2D eigenvalue weighted by Gasteiger charge is 2.12. The lowest BCUT2D eigenvalue weighted by Gasteiger charge is -2.11. The molecule has 0 atom stereocenters. The molecule has 2 nitrogen and oxygen atoms in total. The van der Waals surface area contributed by atoms with Crippen molar-refractivity contribution >= 4 is 23.1 Å². The molecule has 19 heavy (non-hydrogen) atoms. The molecule has 0 heterocycles. The summed E-state index contributed by atoms with van der Waals surface area (Å²) in [6, 6.07) is 10.8. The fourth-order valence-electron chi connectivity index (χ4n) is 1.67. The second-order valence-corrected chi connectivity index (χ2v) is 4.56. The third-order valence-electron chi connectivity index (χ3n) is 2.58. The minimum Gasteiger partial charge on any atom is -0.350 e. The van der Waals surface area contributed by atoms with E-state index < -0.39 is 11.6 Å². The highest BCUT2D eigenvalue weighted by Crippen LogP contribution is 2.30. The summed E-state index contributed by atoms with van der Waals surface area (Å²) >= 11 is 1.40. The average molecular weight is 276 g/mol. The van der Waals surface area contributed by atoms with E-state index in [9.17, 15) is 8.78 Å². The number of benzene rings is 2. The molecule has 0 radical (unpaired) electrons. The summed E-state index contributed by atoms with van der Waals surface area (Å²) in [5, 5.41) is 11.8. The van der Waals surface area contributed by atoms with E-state index in [-0.39, 0.29) is 5.69 Å². The van der Waals surface area contributed by atoms with Gasteiger partial charge in [-0.1, -0.05) is 12.1 Å². The Morgan fingerprint density at radius 3 is 2.32 bits per heavy atom. The predicted octanol–water partition coefficient (Wildman–Crippen LogP) is 4.30. The van der Waals surface area contributed by atoms with Gasteiger partial charge in [-0.3, -0.25) is 0 Å². The van der Waals surface area contributed by atoms with Crippen LogP contribution in [-0.4, -0.2) is 6.26 Å². The summed E-state index contributed by atoms with van der Waals surface area (Å²) in [5.41, 5.74) is 0.508. The van der Waals surface area contributed by atoms with Gasteiger partial charge in [-0.25, -0.2) is 8.78 Å². The van der Waals surface area contributed by atoms with Crippen LogP contribution in [0.3, 0.4) is 0 Å². The van der Waals surface area contributed by atoms with Crippen molar-refractivity contribution in [3.8, 4) is 6.07 Å². The number of anilines is 2. The second-order valence-electron chi connectivity index (χ2n) is 3.72. The number of thioether (sulfide) groups is 1. The molecule has 1 N–H and O–H groups in total. The molecule has 0 aliphatic rings. The van der Waals surface area contributed by atoms with Crippen LogP contribution in [0.2, 0.25) is 0 Å². The van der Waals surface area contributed by atoms with Crippen LogP contribution < -0.4 is 5.32 Å². The van der Waals surface area contributed by atoms with Crippen molar-refractivity contribution in [2.75, 3.05) is 11.6 Å². The van der Waals surface area contributed by atoms with Gasteiger partial charge in [0, 0.05) is 4.90 Å². The zero-order valence-corrected chi connectivity index (χ0v) is 10.9. The van der Waals surface area contributed by atoms with Crippen molar-refractivity contribution in [3.63, 3.8) is 0 Å². The summed E-state index contributed by atoms with van der Waals surface area (Å²) in [6.45, 7) is 0. The SMILES string of the molecule is CSc1cccc(Nc2c(F)cccc2F)c1C#N. The zero-order chi connectivity index (χ0) is 13.8. The zero-order valence-electron chi connectivity index (χ0n) is 10.1. The summed E-state index contributed by atoms with van der Waals surface area (Å²) < 4.78 is 27.1. The minimum atomic E-state index is -0.696. The molecular weight excluding hydrogens is 266 g/mol. The maximum atomic E-state index is 13.6. The Morgan fingerprint density at radius 2 is 1.74 bits per heavy atom. The Hall–Kier alpha value is -2.06. The molecule has 0 aliphatic heterocycles. The van der Waals surface area contributed by atoms with E-state index >= 15 is 0 Å². The van der Waals surface area contributed by atoms with E-state index in [1.165, 1.54) is 17.8 Å². The molecule has 0 aliphatic carbocycles. The molecule has 2 aromatic carbocycles. The van der Waals surface area contributed by atoms with E-state index in [1.807, 2.05) is 12.3 Å². The van der Waals surface area contributed by atoms with Crippen LogP contribution >= 0.6 is 11.8 Å². The van der Waals surface area contributed by atoms with Gasteiger partial charge in [-0.05, 0) is 30.5 Å². The molecule has 0 fully saturated rings. The van der Waals surface area contributed by atoms with E-state index in [1.54, 1.807) is 18.2 Å². The van der Waals surface area contributed by atoms with Gasteiger partial charge in [0.05, 0.1) is 11.3 Å². The lowest BCUT2D eigenvalue weighted by molar-refractivity contribution is 0.591. The van der Waals surface area contributed by atoms with Crippen LogP contribution in [0.25, 0.3) is 0 Å². The number of nitriles is 1. The molecule has 0 bridgehead atoms. The van der Waals surface area contributed by atoms with Crippen LogP contribution in [0, 0.1) is 23.0 Å². The highest BCUT2D eigenvalue weighted by atomic mass is 32.2. The first-order valence-electron chi connectivity index (χ1n) is 5.45. The van der Waals surface area contributed by atoms with Crippen molar-refractivity contribution in [1.29, 1.82) is 5.26 Å². The number of para-hydroxylation sites is 1. The molecule has 0 spiro atoms. The fraction of sp³-hybridized carbons (Fsp3) is 0.0714. The summed E-state index contributed by atoms with van der Waals surface area (Å²) in [5.74, 6) is -1.39. The van der Waals surface area contributed by atoms with Crippen LogP contribution in [0.4, 0.5) is 20.2 Å². The molecule has 96 valence electrons. The van der Waals surface area contributed by atoms with E-state index in [0.717, 1.165) is 17.0 Å². The monoisotopic (exact) mass is 276 g/mol. The Balaban J connectivity index is 2.48. The third-order valence-corrected chi connectivity index (χ3v) is 3.36. The maximum absolute atomic E-state index is 13.6. The maximum Gasteiger partial charge on any atom is 0.149 e. The Labute approximate surface area is 114 Å². The fourth-order valence-corrected chi connectivity index (χ4v) is 2.25. The largest absolute Gasteiger partial charge is 0.350 e. The molecule has 0 aromatic heterocycles. The van der Waals surface area contributed by atoms with E-state index in [4.69, 9.17) is 5.26 Å². The Kier molecular flexibility index (Phi) is 4.03. The summed E-state index contributed by atoms with van der Waals surface area (Å²) in [7, 11) is 0. The number of nitrogens with zero attached hydrogens (tertiary/aromatic N) is 1. The number of halogens is 2. The number of nitrogens with one attached hydrogen (secondary N) is 1. The topological polar surface area (TPSA) is 35.8 Å². The lowest BCUT2D eigenvalue weighted by atomic mass is 10.2. The van der Waals surface area contributed by atoms with Crippen molar-refractivity contribution < 1.29 is 8.78 Å². The molecule has 0 amide bonds. The van der Waals surface area contributed by atoms with Crippen LogP contribution in [0.5, 0.6) is 0 Å². The van der Waals surface area contributed by atoms with Gasteiger partial charge in [0.15, 0.2) is 0 Å². The first-order chi connectivity index (χ1) is 9.17. The highest BCUT2D eigenvalue weighted by molar-refractivity contribution is 7.98. The van der Waals surface area contributed by atoms with Crippen molar-refractivity contribution in [2.24, 2.45) is 0 Å².